The zero-order chi connectivity index (χ0) is 15.4. The molecule has 0 saturated heterocycles. The van der Waals surface area contributed by atoms with E-state index in [1.807, 2.05) is 0 Å². The summed E-state index contributed by atoms with van der Waals surface area (Å²) in [6.45, 7) is 4.45. The minimum absolute atomic E-state index is 0.114. The molecule has 0 aliphatic carbocycles. The van der Waals surface area contributed by atoms with E-state index in [1.165, 1.54) is 13.0 Å². The van der Waals surface area contributed by atoms with Crippen LogP contribution in [0.1, 0.15) is 17.3 Å². The first-order valence-electron chi connectivity index (χ1n) is 6.20. The van der Waals surface area contributed by atoms with Gasteiger partial charge in [-0.25, -0.2) is 9.59 Å². The van der Waals surface area contributed by atoms with Gasteiger partial charge in [-0.2, -0.15) is 0 Å². The van der Waals surface area contributed by atoms with E-state index >= 15 is 0 Å². The fraction of sp³-hybridized carbons (Fsp3) is 0.125. The van der Waals surface area contributed by atoms with Crippen molar-refractivity contribution in [3.63, 3.8) is 0 Å². The van der Waals surface area contributed by atoms with Gasteiger partial charge in [0.2, 0.25) is 6.79 Å². The van der Waals surface area contributed by atoms with Gasteiger partial charge >= 0.3 is 11.9 Å². The third kappa shape index (κ3) is 3.39. The molecular formula is C16H14O5. The molecule has 0 unspecified atom stereocenters. The average Bonchev–Trinajstić information content (AvgIpc) is 2.45. The van der Waals surface area contributed by atoms with Gasteiger partial charge in [-0.3, -0.25) is 0 Å². The molecule has 0 radical (unpaired) electrons. The summed E-state index contributed by atoms with van der Waals surface area (Å²) in [6.07, 6.45) is 0. The minimum Gasteiger partial charge on any atom is -0.508 e. The number of carbonyl (C=O) groups is 2. The first-order chi connectivity index (χ1) is 9.99. The molecule has 0 aromatic heterocycles. The number of hydrogen-bond donors (Lipinski definition) is 1. The highest BCUT2D eigenvalue weighted by Crippen LogP contribution is 2.23. The van der Waals surface area contributed by atoms with Crippen molar-refractivity contribution in [2.45, 2.75) is 6.92 Å². The van der Waals surface area contributed by atoms with Crippen LogP contribution < -0.4 is 0 Å². The summed E-state index contributed by atoms with van der Waals surface area (Å²) in [5.41, 5.74) is 0.561. The Hall–Kier alpha value is -2.82. The quantitative estimate of drug-likeness (QED) is 0.531. The summed E-state index contributed by atoms with van der Waals surface area (Å²) in [5.74, 6) is -1.12. The van der Waals surface area contributed by atoms with Crippen molar-refractivity contribution in [1.29, 1.82) is 0 Å². The zero-order valence-electron chi connectivity index (χ0n) is 11.5. The molecule has 2 rings (SSSR count). The lowest BCUT2D eigenvalue weighted by Crippen LogP contribution is -2.13. The Morgan fingerprint density at radius 3 is 2.67 bits per heavy atom. The fourth-order valence-corrected chi connectivity index (χ4v) is 1.79. The molecule has 0 amide bonds. The molecule has 0 aliphatic heterocycles. The highest BCUT2D eigenvalue weighted by atomic mass is 16.7. The van der Waals surface area contributed by atoms with Crippen molar-refractivity contribution in [3.8, 4) is 5.75 Å². The SMILES string of the molecule is C=C(C)C(=O)OCOC(=O)c1cccc2cc(O)ccc12. The number of rotatable bonds is 4. The van der Waals surface area contributed by atoms with Gasteiger partial charge in [0.05, 0.1) is 5.56 Å². The van der Waals surface area contributed by atoms with Crippen LogP contribution >= 0.6 is 0 Å². The normalized spacial score (nSPS) is 10.1. The van der Waals surface area contributed by atoms with Crippen molar-refractivity contribution in [2.24, 2.45) is 0 Å². The molecule has 5 nitrogen and oxygen atoms in total. The van der Waals surface area contributed by atoms with E-state index < -0.39 is 18.7 Å². The smallest absolute Gasteiger partial charge is 0.341 e. The summed E-state index contributed by atoms with van der Waals surface area (Å²) in [7, 11) is 0. The number of carbonyl (C=O) groups excluding carboxylic acids is 2. The fourth-order valence-electron chi connectivity index (χ4n) is 1.79. The van der Waals surface area contributed by atoms with Crippen molar-refractivity contribution in [3.05, 3.63) is 54.1 Å². The molecule has 0 spiro atoms. The van der Waals surface area contributed by atoms with Gasteiger partial charge in [0.25, 0.3) is 0 Å². The molecule has 0 saturated carbocycles. The number of ether oxygens (including phenoxy) is 2. The molecule has 1 N–H and O–H groups in total. The van der Waals surface area contributed by atoms with E-state index in [4.69, 9.17) is 9.47 Å². The standard InChI is InChI=1S/C16H14O5/c1-10(2)15(18)20-9-21-16(19)14-5-3-4-11-8-12(17)6-7-13(11)14/h3-8,17H,1,9H2,2H3. The molecule has 0 fully saturated rings. The number of esters is 2. The van der Waals surface area contributed by atoms with Crippen LogP contribution in [0.5, 0.6) is 5.75 Å². The first kappa shape index (κ1) is 14.6. The molecule has 0 aliphatic rings. The molecule has 0 heterocycles. The number of hydrogen-bond acceptors (Lipinski definition) is 5. The van der Waals surface area contributed by atoms with E-state index in [0.29, 0.717) is 16.3 Å². The van der Waals surface area contributed by atoms with Crippen molar-refractivity contribution < 1.29 is 24.2 Å². The van der Waals surface area contributed by atoms with Crippen molar-refractivity contribution in [1.82, 2.24) is 0 Å². The van der Waals surface area contributed by atoms with Gasteiger partial charge in [0.1, 0.15) is 5.75 Å². The van der Waals surface area contributed by atoms with Gasteiger partial charge in [-0.15, -0.1) is 0 Å². The monoisotopic (exact) mass is 286 g/mol. The number of phenolic OH excluding ortho intramolecular Hbond substituents is 1. The lowest BCUT2D eigenvalue weighted by atomic mass is 10.0. The van der Waals surface area contributed by atoms with Gasteiger partial charge in [0.15, 0.2) is 0 Å². The van der Waals surface area contributed by atoms with Crippen LogP contribution in [-0.4, -0.2) is 23.8 Å². The van der Waals surface area contributed by atoms with E-state index in [-0.39, 0.29) is 11.3 Å². The topological polar surface area (TPSA) is 72.8 Å². The Bertz CT molecular complexity index is 718. The highest BCUT2D eigenvalue weighted by molar-refractivity contribution is 6.04. The number of fused-ring (bicyclic) bond motifs is 1. The van der Waals surface area contributed by atoms with Gasteiger partial charge in [0, 0.05) is 5.57 Å². The molecule has 108 valence electrons. The number of phenols is 1. The second kappa shape index (κ2) is 6.09. The van der Waals surface area contributed by atoms with Crippen LogP contribution in [0.2, 0.25) is 0 Å². The largest absolute Gasteiger partial charge is 0.508 e. The molecule has 5 heteroatoms. The van der Waals surface area contributed by atoms with E-state index in [0.717, 1.165) is 0 Å². The van der Waals surface area contributed by atoms with Crippen LogP contribution in [0.25, 0.3) is 10.8 Å². The Balaban J connectivity index is 2.13. The van der Waals surface area contributed by atoms with Gasteiger partial charge < -0.3 is 14.6 Å². The highest BCUT2D eigenvalue weighted by Gasteiger charge is 2.12. The van der Waals surface area contributed by atoms with E-state index in [1.54, 1.807) is 30.3 Å². The molecule has 21 heavy (non-hydrogen) atoms. The maximum absolute atomic E-state index is 12.0. The van der Waals surface area contributed by atoms with Crippen LogP contribution in [0.4, 0.5) is 0 Å². The summed E-state index contributed by atoms with van der Waals surface area (Å²) in [6, 6.07) is 9.71. The minimum atomic E-state index is -0.620. The summed E-state index contributed by atoms with van der Waals surface area (Å²) in [4.78, 5) is 23.2. The maximum atomic E-state index is 12.0. The predicted octanol–water partition coefficient (Wildman–Crippen LogP) is 2.78. The van der Waals surface area contributed by atoms with Crippen LogP contribution in [0, 0.1) is 0 Å². The van der Waals surface area contributed by atoms with Crippen LogP contribution in [0.3, 0.4) is 0 Å². The van der Waals surface area contributed by atoms with Crippen molar-refractivity contribution >= 4 is 22.7 Å². The van der Waals surface area contributed by atoms with Crippen molar-refractivity contribution in [2.75, 3.05) is 6.79 Å². The second-order valence-electron chi connectivity index (χ2n) is 4.47. The predicted molar refractivity (Wildman–Crippen MR) is 76.8 cm³/mol. The Morgan fingerprint density at radius 1 is 1.19 bits per heavy atom. The average molecular weight is 286 g/mol. The lowest BCUT2D eigenvalue weighted by Gasteiger charge is -2.08. The number of benzene rings is 2. The molecule has 0 bridgehead atoms. The molecular weight excluding hydrogens is 272 g/mol. The lowest BCUT2D eigenvalue weighted by molar-refractivity contribution is -0.147. The first-order valence-corrected chi connectivity index (χ1v) is 6.20. The molecule has 2 aromatic rings. The Morgan fingerprint density at radius 2 is 1.95 bits per heavy atom. The Labute approximate surface area is 121 Å². The van der Waals surface area contributed by atoms with Gasteiger partial charge in [-0.1, -0.05) is 18.7 Å². The summed E-state index contributed by atoms with van der Waals surface area (Å²) in [5, 5.41) is 10.8. The molecule has 2 aromatic carbocycles. The van der Waals surface area contributed by atoms with Crippen LogP contribution in [0.15, 0.2) is 48.6 Å². The summed E-state index contributed by atoms with van der Waals surface area (Å²) < 4.78 is 9.61. The van der Waals surface area contributed by atoms with E-state index in [9.17, 15) is 14.7 Å². The second-order valence-corrected chi connectivity index (χ2v) is 4.47. The third-order valence-electron chi connectivity index (χ3n) is 2.81. The number of aromatic hydroxyl groups is 1. The van der Waals surface area contributed by atoms with Crippen LogP contribution in [-0.2, 0) is 14.3 Å². The molecule has 0 atom stereocenters. The third-order valence-corrected chi connectivity index (χ3v) is 2.81. The Kier molecular flexibility index (Phi) is 4.23. The zero-order valence-corrected chi connectivity index (χ0v) is 11.5. The van der Waals surface area contributed by atoms with Gasteiger partial charge in [-0.05, 0) is 42.0 Å². The van der Waals surface area contributed by atoms with E-state index in [2.05, 4.69) is 6.58 Å². The summed E-state index contributed by atoms with van der Waals surface area (Å²) >= 11 is 0. The maximum Gasteiger partial charge on any atom is 0.341 e.